The third kappa shape index (κ3) is 3.60. The molecule has 5 heterocycles. The molecule has 1 fully saturated rings. The highest BCUT2D eigenvalue weighted by atomic mass is 16.2. The van der Waals surface area contributed by atoms with Crippen LogP contribution in [0.25, 0.3) is 55.6 Å². The number of rotatable bonds is 5. The van der Waals surface area contributed by atoms with E-state index < -0.39 is 0 Å². The topological polar surface area (TPSA) is 112 Å². The third-order valence-corrected chi connectivity index (χ3v) is 6.61. The Morgan fingerprint density at radius 2 is 1.78 bits per heavy atom. The summed E-state index contributed by atoms with van der Waals surface area (Å²) in [6, 6.07) is 16.3. The number of benzene rings is 1. The Hall–Kier alpha value is -4.85. The number of aromatic amines is 2. The van der Waals surface area contributed by atoms with Crippen LogP contribution in [0.15, 0.2) is 79.5 Å². The van der Waals surface area contributed by atoms with Crippen LogP contribution >= 0.6 is 0 Å². The maximum Gasteiger partial charge on any atom is 0.227 e. The zero-order chi connectivity index (χ0) is 24.1. The number of fused-ring (bicyclic) bond motifs is 2. The van der Waals surface area contributed by atoms with Crippen molar-refractivity contribution in [2.45, 2.75) is 12.8 Å². The lowest BCUT2D eigenvalue weighted by molar-refractivity contribution is -0.117. The highest BCUT2D eigenvalue weighted by Gasteiger charge is 2.29. The van der Waals surface area contributed by atoms with Crippen molar-refractivity contribution < 1.29 is 4.79 Å². The Balaban J connectivity index is 1.28. The number of carbonyl (C=O) groups is 1. The van der Waals surface area contributed by atoms with Gasteiger partial charge in [-0.25, -0.2) is 0 Å². The molecular formula is C28H21N7O. The lowest BCUT2D eigenvalue weighted by Crippen LogP contribution is -2.13. The summed E-state index contributed by atoms with van der Waals surface area (Å²) < 4.78 is 0. The van der Waals surface area contributed by atoms with Crippen molar-refractivity contribution in [3.63, 3.8) is 0 Å². The van der Waals surface area contributed by atoms with Crippen LogP contribution in [0.1, 0.15) is 12.8 Å². The fourth-order valence-electron chi connectivity index (χ4n) is 4.58. The van der Waals surface area contributed by atoms with Gasteiger partial charge in [0.05, 0.1) is 35.0 Å². The first-order valence-electron chi connectivity index (χ1n) is 11.9. The Labute approximate surface area is 205 Å². The molecule has 1 aliphatic carbocycles. The number of nitrogens with zero attached hydrogens (tertiary/aromatic N) is 4. The van der Waals surface area contributed by atoms with Gasteiger partial charge in [0.1, 0.15) is 5.69 Å². The molecule has 8 heteroatoms. The van der Waals surface area contributed by atoms with Crippen molar-refractivity contribution in [3.05, 3.63) is 79.5 Å². The molecule has 3 N–H and O–H groups in total. The Morgan fingerprint density at radius 1 is 0.889 bits per heavy atom. The van der Waals surface area contributed by atoms with Crippen LogP contribution in [-0.2, 0) is 4.79 Å². The quantitative estimate of drug-likeness (QED) is 0.304. The van der Waals surface area contributed by atoms with Gasteiger partial charge in [-0.15, -0.1) is 0 Å². The smallest absolute Gasteiger partial charge is 0.227 e. The van der Waals surface area contributed by atoms with Crippen LogP contribution < -0.4 is 5.32 Å². The molecule has 0 bridgehead atoms. The predicted octanol–water partition coefficient (Wildman–Crippen LogP) is 5.58. The second-order valence-corrected chi connectivity index (χ2v) is 9.10. The molecular weight excluding hydrogens is 450 g/mol. The predicted molar refractivity (Wildman–Crippen MR) is 139 cm³/mol. The van der Waals surface area contributed by atoms with Crippen molar-refractivity contribution in [1.82, 2.24) is 30.1 Å². The molecule has 6 aromatic rings. The Bertz CT molecular complexity index is 1750. The Kier molecular flexibility index (Phi) is 4.63. The summed E-state index contributed by atoms with van der Waals surface area (Å²) in [6.07, 6.45) is 10.7. The average Bonchev–Trinajstić information content (AvgIpc) is 3.55. The van der Waals surface area contributed by atoms with Crippen LogP contribution in [0.5, 0.6) is 0 Å². The number of anilines is 1. The zero-order valence-electron chi connectivity index (χ0n) is 19.2. The zero-order valence-corrected chi connectivity index (χ0v) is 19.2. The van der Waals surface area contributed by atoms with Gasteiger partial charge >= 0.3 is 0 Å². The van der Waals surface area contributed by atoms with Gasteiger partial charge in [0.25, 0.3) is 0 Å². The third-order valence-electron chi connectivity index (χ3n) is 6.61. The first kappa shape index (κ1) is 20.5. The summed E-state index contributed by atoms with van der Waals surface area (Å²) in [6.45, 7) is 0. The summed E-state index contributed by atoms with van der Waals surface area (Å²) >= 11 is 0. The van der Waals surface area contributed by atoms with Crippen molar-refractivity contribution >= 4 is 33.4 Å². The molecule has 174 valence electrons. The number of pyridine rings is 3. The fourth-order valence-corrected chi connectivity index (χ4v) is 4.58. The molecule has 1 saturated carbocycles. The second-order valence-electron chi connectivity index (χ2n) is 9.10. The lowest BCUT2D eigenvalue weighted by atomic mass is 10.0. The number of H-pyrrole nitrogens is 2. The molecule has 0 radical (unpaired) electrons. The van der Waals surface area contributed by atoms with Gasteiger partial charge in [0.15, 0.2) is 0 Å². The molecule has 0 unspecified atom stereocenters. The second kappa shape index (κ2) is 8.13. The van der Waals surface area contributed by atoms with E-state index in [1.807, 2.05) is 30.3 Å². The van der Waals surface area contributed by atoms with Crippen LogP contribution in [0.4, 0.5) is 5.69 Å². The molecule has 0 spiro atoms. The van der Waals surface area contributed by atoms with E-state index in [-0.39, 0.29) is 11.8 Å². The van der Waals surface area contributed by atoms with Crippen LogP contribution in [0.2, 0.25) is 0 Å². The summed E-state index contributed by atoms with van der Waals surface area (Å²) in [5, 5.41) is 12.7. The van der Waals surface area contributed by atoms with Gasteiger partial charge in [-0.3, -0.25) is 24.8 Å². The van der Waals surface area contributed by atoms with Gasteiger partial charge in [-0.2, -0.15) is 5.10 Å². The van der Waals surface area contributed by atoms with E-state index in [2.05, 4.69) is 53.6 Å². The largest absolute Gasteiger partial charge is 0.353 e. The lowest BCUT2D eigenvalue weighted by Gasteiger charge is -2.06. The van der Waals surface area contributed by atoms with Gasteiger partial charge in [-0.1, -0.05) is 12.1 Å². The summed E-state index contributed by atoms with van der Waals surface area (Å²) in [7, 11) is 0. The molecule has 0 aliphatic heterocycles. The summed E-state index contributed by atoms with van der Waals surface area (Å²) in [4.78, 5) is 28.8. The van der Waals surface area contributed by atoms with Crippen molar-refractivity contribution in [3.8, 4) is 33.8 Å². The highest BCUT2D eigenvalue weighted by Crippen LogP contribution is 2.35. The molecule has 1 aromatic carbocycles. The van der Waals surface area contributed by atoms with Gasteiger partial charge in [-0.05, 0) is 60.4 Å². The number of carbonyl (C=O) groups excluding carboxylic acids is 1. The number of hydrogen-bond donors (Lipinski definition) is 3. The minimum atomic E-state index is 0.0550. The van der Waals surface area contributed by atoms with Gasteiger partial charge < -0.3 is 10.3 Å². The number of hydrogen-bond acceptors (Lipinski definition) is 5. The molecule has 0 saturated heterocycles. The first-order valence-corrected chi connectivity index (χ1v) is 11.9. The molecule has 7 rings (SSSR count). The van der Waals surface area contributed by atoms with Crippen molar-refractivity contribution in [2.24, 2.45) is 5.92 Å². The number of aromatic nitrogens is 6. The normalized spacial score (nSPS) is 13.3. The maximum absolute atomic E-state index is 12.2. The molecule has 1 amide bonds. The molecule has 8 nitrogen and oxygen atoms in total. The van der Waals surface area contributed by atoms with Crippen molar-refractivity contribution in [1.29, 1.82) is 0 Å². The van der Waals surface area contributed by atoms with Gasteiger partial charge in [0, 0.05) is 46.4 Å². The monoisotopic (exact) mass is 471 g/mol. The minimum Gasteiger partial charge on any atom is -0.353 e. The van der Waals surface area contributed by atoms with E-state index in [0.29, 0.717) is 5.69 Å². The molecule has 36 heavy (non-hydrogen) atoms. The van der Waals surface area contributed by atoms with E-state index >= 15 is 0 Å². The first-order chi connectivity index (χ1) is 17.7. The van der Waals surface area contributed by atoms with E-state index in [1.54, 1.807) is 31.0 Å². The van der Waals surface area contributed by atoms with E-state index in [4.69, 9.17) is 0 Å². The average molecular weight is 472 g/mol. The molecule has 1 aliphatic rings. The van der Waals surface area contributed by atoms with E-state index in [9.17, 15) is 4.79 Å². The Morgan fingerprint density at radius 3 is 2.64 bits per heavy atom. The number of nitrogens with one attached hydrogen (secondary N) is 3. The SMILES string of the molecule is O=C(Nc1cncc(-c2cc3c(-c4cc5c(-c6ccncc6)cccc5[nH]4)n[nH]c3cn2)c1)C1CC1. The fraction of sp³-hybridized carbons (Fsp3) is 0.107. The minimum absolute atomic E-state index is 0.0550. The summed E-state index contributed by atoms with van der Waals surface area (Å²) in [5.41, 5.74) is 8.12. The van der Waals surface area contributed by atoms with Gasteiger partial charge in [0.2, 0.25) is 5.91 Å². The molecule has 0 atom stereocenters. The van der Waals surface area contributed by atoms with E-state index in [0.717, 1.165) is 68.4 Å². The standard InChI is InChI=1S/C28H21N7O/c36-28(17-4-5-17)32-19-10-18(13-30-14-19)24-12-22-26(15-31-24)34-35-27(22)25-11-21-20(2-1-3-23(21)33-25)16-6-8-29-9-7-16/h1-3,6-15,17,33H,4-5H2,(H,32,36)(H,34,35). The number of amides is 1. The van der Waals surface area contributed by atoms with Crippen LogP contribution in [0.3, 0.4) is 0 Å². The van der Waals surface area contributed by atoms with E-state index in [1.165, 1.54) is 0 Å². The maximum atomic E-state index is 12.2. The highest BCUT2D eigenvalue weighted by molar-refractivity contribution is 6.01. The van der Waals surface area contributed by atoms with Crippen LogP contribution in [0, 0.1) is 5.92 Å². The molecule has 5 aromatic heterocycles. The van der Waals surface area contributed by atoms with Crippen LogP contribution in [-0.4, -0.2) is 36.0 Å². The summed E-state index contributed by atoms with van der Waals surface area (Å²) in [5.74, 6) is 0.187. The van der Waals surface area contributed by atoms with Crippen molar-refractivity contribution in [2.75, 3.05) is 5.32 Å².